The third-order valence-electron chi connectivity index (χ3n) is 3.96. The Kier molecular flexibility index (Phi) is 6.35. The molecule has 6 heteroatoms. The number of ether oxygens (including phenoxy) is 1. The number of hydrogen-bond acceptors (Lipinski definition) is 6. The zero-order valence-electron chi connectivity index (χ0n) is 13.0. The molecule has 2 heterocycles. The predicted octanol–water partition coefficient (Wildman–Crippen LogP) is 0.490. The first-order chi connectivity index (χ1) is 10.2. The van der Waals surface area contributed by atoms with E-state index in [9.17, 15) is 5.11 Å². The zero-order chi connectivity index (χ0) is 15.1. The number of methoxy groups -OCH3 is 1. The molecule has 2 rings (SSSR count). The van der Waals surface area contributed by atoms with Gasteiger partial charge in [0.15, 0.2) is 0 Å². The fourth-order valence-electron chi connectivity index (χ4n) is 2.98. The fourth-order valence-corrected chi connectivity index (χ4v) is 2.98. The molecule has 0 amide bonds. The number of rotatable bonds is 7. The summed E-state index contributed by atoms with van der Waals surface area (Å²) in [5.74, 6) is 1.57. The van der Waals surface area contributed by atoms with Crippen LogP contribution in [-0.2, 0) is 4.74 Å². The molecule has 0 bridgehead atoms. The lowest BCUT2D eigenvalue weighted by molar-refractivity contribution is 0.133. The molecule has 0 saturated carbocycles. The van der Waals surface area contributed by atoms with Crippen LogP contribution in [0.25, 0.3) is 0 Å². The average Bonchev–Trinajstić information content (AvgIpc) is 2.53. The summed E-state index contributed by atoms with van der Waals surface area (Å²) in [7, 11) is 3.84. The van der Waals surface area contributed by atoms with E-state index in [2.05, 4.69) is 26.8 Å². The molecule has 0 spiro atoms. The number of aliphatic hydroxyl groups is 1. The van der Waals surface area contributed by atoms with Crippen molar-refractivity contribution in [1.82, 2.24) is 14.9 Å². The minimum atomic E-state index is 0.224. The van der Waals surface area contributed by atoms with E-state index in [0.717, 1.165) is 45.2 Å². The monoisotopic (exact) mass is 294 g/mol. The van der Waals surface area contributed by atoms with Crippen LogP contribution in [0.1, 0.15) is 6.42 Å². The van der Waals surface area contributed by atoms with Crippen LogP contribution in [0.15, 0.2) is 18.5 Å². The summed E-state index contributed by atoms with van der Waals surface area (Å²) in [5, 5.41) is 9.55. The molecule has 1 N–H and O–H groups in total. The Bertz CT molecular complexity index is 404. The van der Waals surface area contributed by atoms with E-state index in [1.165, 1.54) is 0 Å². The van der Waals surface area contributed by atoms with Crippen LogP contribution in [0.4, 0.5) is 5.95 Å². The van der Waals surface area contributed by atoms with Gasteiger partial charge in [0.2, 0.25) is 5.95 Å². The molecule has 1 aromatic rings. The van der Waals surface area contributed by atoms with Gasteiger partial charge in [0, 0.05) is 52.3 Å². The SMILES string of the molecule is COCCN(C)C[C@H]1C[C@H](CO)CN(c2ncccn2)C1. The molecule has 1 saturated heterocycles. The number of anilines is 1. The lowest BCUT2D eigenvalue weighted by Crippen LogP contribution is -2.46. The lowest BCUT2D eigenvalue weighted by atomic mass is 9.89. The highest BCUT2D eigenvalue weighted by Gasteiger charge is 2.28. The van der Waals surface area contributed by atoms with Crippen molar-refractivity contribution in [3.05, 3.63) is 18.5 Å². The summed E-state index contributed by atoms with van der Waals surface area (Å²) in [6.07, 6.45) is 4.59. The minimum absolute atomic E-state index is 0.224. The molecule has 0 unspecified atom stereocenters. The number of aromatic nitrogens is 2. The number of nitrogens with zero attached hydrogens (tertiary/aromatic N) is 4. The Hall–Kier alpha value is -1.24. The van der Waals surface area contributed by atoms with Crippen molar-refractivity contribution in [3.8, 4) is 0 Å². The van der Waals surface area contributed by atoms with Gasteiger partial charge in [-0.05, 0) is 31.4 Å². The molecular formula is C15H26N4O2. The van der Waals surface area contributed by atoms with Gasteiger partial charge in [0.05, 0.1) is 6.61 Å². The Morgan fingerprint density at radius 1 is 1.33 bits per heavy atom. The summed E-state index contributed by atoms with van der Waals surface area (Å²) in [6, 6.07) is 1.83. The number of piperidine rings is 1. The molecule has 2 atom stereocenters. The van der Waals surface area contributed by atoms with E-state index in [1.807, 2.05) is 6.07 Å². The van der Waals surface area contributed by atoms with Gasteiger partial charge in [-0.3, -0.25) is 0 Å². The number of aliphatic hydroxyl groups excluding tert-OH is 1. The first-order valence-electron chi connectivity index (χ1n) is 7.53. The first kappa shape index (κ1) is 16.1. The molecular weight excluding hydrogens is 268 g/mol. The highest BCUT2D eigenvalue weighted by Crippen LogP contribution is 2.24. The molecule has 1 aliphatic rings. The highest BCUT2D eigenvalue weighted by molar-refractivity contribution is 5.29. The van der Waals surface area contributed by atoms with Gasteiger partial charge in [0.25, 0.3) is 0 Å². The Labute approximate surface area is 126 Å². The van der Waals surface area contributed by atoms with Crippen LogP contribution in [0, 0.1) is 11.8 Å². The molecule has 21 heavy (non-hydrogen) atoms. The van der Waals surface area contributed by atoms with E-state index in [1.54, 1.807) is 19.5 Å². The second-order valence-electron chi connectivity index (χ2n) is 5.86. The van der Waals surface area contributed by atoms with E-state index < -0.39 is 0 Å². The number of likely N-dealkylation sites (N-methyl/N-ethyl adjacent to an activating group) is 1. The lowest BCUT2D eigenvalue weighted by Gasteiger charge is -2.38. The van der Waals surface area contributed by atoms with E-state index in [-0.39, 0.29) is 6.61 Å². The van der Waals surface area contributed by atoms with E-state index in [0.29, 0.717) is 11.8 Å². The van der Waals surface area contributed by atoms with Crippen molar-refractivity contribution in [2.24, 2.45) is 11.8 Å². The summed E-state index contributed by atoms with van der Waals surface area (Å²) < 4.78 is 5.12. The quantitative estimate of drug-likeness (QED) is 0.790. The summed E-state index contributed by atoms with van der Waals surface area (Å²) >= 11 is 0. The summed E-state index contributed by atoms with van der Waals surface area (Å²) in [4.78, 5) is 13.2. The Balaban J connectivity index is 1.95. The van der Waals surface area contributed by atoms with Crippen LogP contribution < -0.4 is 4.90 Å². The Morgan fingerprint density at radius 3 is 2.71 bits per heavy atom. The normalized spacial score (nSPS) is 22.8. The van der Waals surface area contributed by atoms with Crippen LogP contribution in [0.5, 0.6) is 0 Å². The van der Waals surface area contributed by atoms with Gasteiger partial charge in [0.1, 0.15) is 0 Å². The first-order valence-corrected chi connectivity index (χ1v) is 7.53. The van der Waals surface area contributed by atoms with Crippen LogP contribution >= 0.6 is 0 Å². The second kappa shape index (κ2) is 8.26. The molecule has 1 aromatic heterocycles. The maximum atomic E-state index is 9.55. The average molecular weight is 294 g/mol. The predicted molar refractivity (Wildman–Crippen MR) is 82.3 cm³/mol. The summed E-state index contributed by atoms with van der Waals surface area (Å²) in [6.45, 7) is 4.68. The molecule has 118 valence electrons. The third-order valence-corrected chi connectivity index (χ3v) is 3.96. The standard InChI is InChI=1S/C15H26N4O2/c1-18(6-7-21-2)9-13-8-14(12-20)11-19(10-13)15-16-4-3-5-17-15/h3-5,13-14,20H,6-12H2,1-2H3/t13-,14+/m1/s1. The Morgan fingerprint density at radius 2 is 2.05 bits per heavy atom. The third kappa shape index (κ3) is 4.91. The topological polar surface area (TPSA) is 61.7 Å². The maximum Gasteiger partial charge on any atom is 0.225 e. The van der Waals surface area contributed by atoms with Crippen molar-refractivity contribution >= 4 is 5.95 Å². The molecule has 6 nitrogen and oxygen atoms in total. The van der Waals surface area contributed by atoms with Crippen molar-refractivity contribution in [1.29, 1.82) is 0 Å². The molecule has 1 aliphatic heterocycles. The molecule has 1 fully saturated rings. The van der Waals surface area contributed by atoms with Crippen LogP contribution in [0.3, 0.4) is 0 Å². The highest BCUT2D eigenvalue weighted by atomic mass is 16.5. The van der Waals surface area contributed by atoms with Crippen LogP contribution in [-0.4, -0.2) is 73.5 Å². The van der Waals surface area contributed by atoms with Gasteiger partial charge in [-0.25, -0.2) is 9.97 Å². The summed E-state index contributed by atoms with van der Waals surface area (Å²) in [5.41, 5.74) is 0. The van der Waals surface area contributed by atoms with Crippen molar-refractivity contribution in [3.63, 3.8) is 0 Å². The van der Waals surface area contributed by atoms with Gasteiger partial charge in [-0.1, -0.05) is 0 Å². The van der Waals surface area contributed by atoms with E-state index >= 15 is 0 Å². The van der Waals surface area contributed by atoms with E-state index in [4.69, 9.17) is 4.74 Å². The molecule has 0 aliphatic carbocycles. The van der Waals surface area contributed by atoms with Crippen molar-refractivity contribution < 1.29 is 9.84 Å². The molecule has 0 aromatic carbocycles. The van der Waals surface area contributed by atoms with Crippen LogP contribution in [0.2, 0.25) is 0 Å². The zero-order valence-corrected chi connectivity index (χ0v) is 13.0. The van der Waals surface area contributed by atoms with Gasteiger partial charge in [-0.2, -0.15) is 0 Å². The maximum absolute atomic E-state index is 9.55. The van der Waals surface area contributed by atoms with Gasteiger partial charge >= 0.3 is 0 Å². The fraction of sp³-hybridized carbons (Fsp3) is 0.733. The van der Waals surface area contributed by atoms with Crippen molar-refractivity contribution in [2.75, 3.05) is 58.5 Å². The minimum Gasteiger partial charge on any atom is -0.396 e. The number of hydrogen-bond donors (Lipinski definition) is 1. The smallest absolute Gasteiger partial charge is 0.225 e. The second-order valence-corrected chi connectivity index (χ2v) is 5.86. The van der Waals surface area contributed by atoms with Gasteiger partial charge < -0.3 is 19.6 Å². The molecule has 0 radical (unpaired) electrons. The van der Waals surface area contributed by atoms with Crippen molar-refractivity contribution in [2.45, 2.75) is 6.42 Å². The van der Waals surface area contributed by atoms with Gasteiger partial charge in [-0.15, -0.1) is 0 Å². The largest absolute Gasteiger partial charge is 0.396 e.